The number of nitrogens with one attached hydrogen (secondary N) is 2. The van der Waals surface area contributed by atoms with Crippen molar-refractivity contribution in [1.82, 2.24) is 10.2 Å². The van der Waals surface area contributed by atoms with Gasteiger partial charge in [-0.1, -0.05) is 18.7 Å². The topological polar surface area (TPSA) is 73.4 Å². The Hall–Kier alpha value is -3.25. The molecule has 4 rings (SSSR count). The number of hydrogen-bond donors (Lipinski definition) is 3. The van der Waals surface area contributed by atoms with Gasteiger partial charge >= 0.3 is 0 Å². The summed E-state index contributed by atoms with van der Waals surface area (Å²) >= 11 is 0. The third-order valence-corrected chi connectivity index (χ3v) is 5.18. The van der Waals surface area contributed by atoms with Gasteiger partial charge in [0.1, 0.15) is 5.75 Å². The lowest BCUT2D eigenvalue weighted by atomic mass is 10.0. The van der Waals surface area contributed by atoms with Crippen molar-refractivity contribution < 1.29 is 9.84 Å². The number of aliphatic hydroxyl groups is 1. The first-order valence-electron chi connectivity index (χ1n) is 9.29. The van der Waals surface area contributed by atoms with E-state index in [4.69, 9.17) is 4.74 Å². The van der Waals surface area contributed by atoms with Crippen molar-refractivity contribution in [2.24, 2.45) is 0 Å². The van der Waals surface area contributed by atoms with Crippen LogP contribution in [-0.2, 0) is 6.61 Å². The van der Waals surface area contributed by atoms with Crippen LogP contribution in [0.1, 0.15) is 12.0 Å². The zero-order valence-corrected chi connectivity index (χ0v) is 15.9. The fraction of sp³-hybridized carbons (Fsp3) is 0.227. The highest BCUT2D eigenvalue weighted by atomic mass is 16.5. The maximum Gasteiger partial charge on any atom is 0.120 e. The average molecular weight is 376 g/mol. The van der Waals surface area contributed by atoms with Crippen LogP contribution < -0.4 is 15.0 Å². The molecule has 1 aliphatic heterocycles. The van der Waals surface area contributed by atoms with Crippen LogP contribution in [0.5, 0.6) is 5.75 Å². The molecule has 2 heterocycles. The Labute approximate surface area is 164 Å². The fourth-order valence-electron chi connectivity index (χ4n) is 3.68. The van der Waals surface area contributed by atoms with Gasteiger partial charge in [0.25, 0.3) is 0 Å². The Kier molecular flexibility index (Phi) is 5.04. The quantitative estimate of drug-likeness (QED) is 0.611. The van der Waals surface area contributed by atoms with Gasteiger partial charge in [-0.15, -0.1) is 0 Å². The molecule has 1 unspecified atom stereocenters. The summed E-state index contributed by atoms with van der Waals surface area (Å²) in [5, 5.41) is 20.2. The van der Waals surface area contributed by atoms with E-state index in [1.54, 1.807) is 13.3 Å². The summed E-state index contributed by atoms with van der Waals surface area (Å²) in [6.45, 7) is 5.16. The Bertz CT molecular complexity index is 968. The molecule has 2 aromatic carbocycles. The number of aliphatic hydroxyl groups excluding tert-OH is 1. The monoisotopic (exact) mass is 376 g/mol. The van der Waals surface area contributed by atoms with Crippen molar-refractivity contribution in [2.45, 2.75) is 19.1 Å². The normalized spacial score (nSPS) is 16.4. The van der Waals surface area contributed by atoms with Gasteiger partial charge in [0.2, 0.25) is 0 Å². The molecule has 1 aromatic heterocycles. The molecule has 1 fully saturated rings. The molecule has 0 spiro atoms. The summed E-state index contributed by atoms with van der Waals surface area (Å²) in [6, 6.07) is 14.2. The van der Waals surface area contributed by atoms with Gasteiger partial charge in [-0.2, -0.15) is 5.10 Å². The SMILES string of the molecule is C=C1C(Nc2cccc(OC)c2)CCN1c1ccc(-c2cn[nH]c2)c(CO)c1. The molecule has 1 aliphatic rings. The number of rotatable bonds is 6. The Morgan fingerprint density at radius 3 is 2.96 bits per heavy atom. The summed E-state index contributed by atoms with van der Waals surface area (Å²) in [5.74, 6) is 0.827. The van der Waals surface area contributed by atoms with Gasteiger partial charge in [0.15, 0.2) is 0 Å². The molecule has 0 radical (unpaired) electrons. The Morgan fingerprint density at radius 1 is 1.32 bits per heavy atom. The van der Waals surface area contributed by atoms with E-state index in [1.165, 1.54) is 0 Å². The molecular weight excluding hydrogens is 352 g/mol. The number of aromatic nitrogens is 2. The van der Waals surface area contributed by atoms with Gasteiger partial charge in [-0.3, -0.25) is 5.10 Å². The number of aromatic amines is 1. The van der Waals surface area contributed by atoms with Crippen LogP contribution in [0.15, 0.2) is 67.1 Å². The third-order valence-electron chi connectivity index (χ3n) is 5.18. The zero-order valence-electron chi connectivity index (χ0n) is 15.9. The first-order valence-corrected chi connectivity index (χ1v) is 9.29. The van der Waals surface area contributed by atoms with E-state index >= 15 is 0 Å². The lowest BCUT2D eigenvalue weighted by molar-refractivity contribution is 0.282. The third kappa shape index (κ3) is 3.46. The summed E-state index contributed by atoms with van der Waals surface area (Å²) in [7, 11) is 1.67. The lowest BCUT2D eigenvalue weighted by Gasteiger charge is -2.23. The highest BCUT2D eigenvalue weighted by molar-refractivity contribution is 5.71. The largest absolute Gasteiger partial charge is 0.497 e. The molecule has 3 aromatic rings. The lowest BCUT2D eigenvalue weighted by Crippen LogP contribution is -2.23. The minimum absolute atomic E-state index is 0.0276. The van der Waals surface area contributed by atoms with Gasteiger partial charge in [-0.25, -0.2) is 0 Å². The second-order valence-corrected chi connectivity index (χ2v) is 6.85. The van der Waals surface area contributed by atoms with E-state index in [1.807, 2.05) is 42.6 Å². The van der Waals surface area contributed by atoms with Gasteiger partial charge in [0, 0.05) is 41.4 Å². The van der Waals surface area contributed by atoms with Crippen molar-refractivity contribution >= 4 is 11.4 Å². The molecular formula is C22H24N4O2. The van der Waals surface area contributed by atoms with E-state index in [-0.39, 0.29) is 12.6 Å². The van der Waals surface area contributed by atoms with E-state index in [0.29, 0.717) is 0 Å². The predicted octanol–water partition coefficient (Wildman–Crippen LogP) is 3.78. The van der Waals surface area contributed by atoms with E-state index in [0.717, 1.165) is 52.5 Å². The minimum atomic E-state index is -0.0276. The van der Waals surface area contributed by atoms with Crippen LogP contribution in [0.25, 0.3) is 11.1 Å². The second kappa shape index (κ2) is 7.78. The van der Waals surface area contributed by atoms with E-state index < -0.39 is 0 Å². The maximum absolute atomic E-state index is 9.85. The van der Waals surface area contributed by atoms with Gasteiger partial charge in [-0.05, 0) is 41.8 Å². The molecule has 0 amide bonds. The van der Waals surface area contributed by atoms with E-state index in [9.17, 15) is 5.11 Å². The number of ether oxygens (including phenoxy) is 1. The zero-order chi connectivity index (χ0) is 19.5. The molecule has 28 heavy (non-hydrogen) atoms. The smallest absolute Gasteiger partial charge is 0.120 e. The second-order valence-electron chi connectivity index (χ2n) is 6.85. The predicted molar refractivity (Wildman–Crippen MR) is 111 cm³/mol. The molecule has 0 bridgehead atoms. The summed E-state index contributed by atoms with van der Waals surface area (Å²) in [4.78, 5) is 2.20. The molecule has 144 valence electrons. The number of benzene rings is 2. The molecule has 1 atom stereocenters. The van der Waals surface area contributed by atoms with Gasteiger partial charge < -0.3 is 20.1 Å². The average Bonchev–Trinajstić information content (AvgIpc) is 3.38. The number of nitrogens with zero attached hydrogens (tertiary/aromatic N) is 2. The van der Waals surface area contributed by atoms with Crippen molar-refractivity contribution in [3.8, 4) is 16.9 Å². The highest BCUT2D eigenvalue weighted by Gasteiger charge is 2.27. The van der Waals surface area contributed by atoms with Gasteiger partial charge in [0.05, 0.1) is 26.0 Å². The summed E-state index contributed by atoms with van der Waals surface area (Å²) < 4.78 is 5.30. The summed E-state index contributed by atoms with van der Waals surface area (Å²) in [5.41, 5.74) is 5.89. The molecule has 6 nitrogen and oxygen atoms in total. The fourth-order valence-corrected chi connectivity index (χ4v) is 3.68. The number of H-pyrrole nitrogens is 1. The maximum atomic E-state index is 9.85. The molecule has 1 saturated heterocycles. The molecule has 3 N–H and O–H groups in total. The van der Waals surface area contributed by atoms with Crippen molar-refractivity contribution in [1.29, 1.82) is 0 Å². The van der Waals surface area contributed by atoms with Crippen molar-refractivity contribution in [3.63, 3.8) is 0 Å². The summed E-state index contributed by atoms with van der Waals surface area (Å²) in [6.07, 6.45) is 4.54. The van der Waals surface area contributed by atoms with Crippen LogP contribution in [0.3, 0.4) is 0 Å². The first kappa shape index (κ1) is 18.1. The van der Waals surface area contributed by atoms with Crippen molar-refractivity contribution in [2.75, 3.05) is 23.9 Å². The van der Waals surface area contributed by atoms with Crippen LogP contribution in [-0.4, -0.2) is 35.0 Å². The number of anilines is 2. The molecule has 0 aliphatic carbocycles. The first-order chi connectivity index (χ1) is 13.7. The Morgan fingerprint density at radius 2 is 2.21 bits per heavy atom. The van der Waals surface area contributed by atoms with E-state index in [2.05, 4.69) is 33.1 Å². The van der Waals surface area contributed by atoms with Crippen LogP contribution >= 0.6 is 0 Å². The number of methoxy groups -OCH3 is 1. The van der Waals surface area contributed by atoms with Crippen molar-refractivity contribution in [3.05, 3.63) is 72.7 Å². The number of hydrogen-bond acceptors (Lipinski definition) is 5. The van der Waals surface area contributed by atoms with Crippen LogP contribution in [0.2, 0.25) is 0 Å². The molecule has 0 saturated carbocycles. The molecule has 6 heteroatoms. The van der Waals surface area contributed by atoms with Crippen LogP contribution in [0.4, 0.5) is 11.4 Å². The highest BCUT2D eigenvalue weighted by Crippen LogP contribution is 2.33. The Balaban J connectivity index is 1.53. The minimum Gasteiger partial charge on any atom is -0.497 e. The standard InChI is InChI=1S/C22H24N4O2/c1-15-22(25-18-4-3-5-20(11-18)28-2)8-9-26(15)19-6-7-21(16(10-19)14-27)17-12-23-24-13-17/h3-7,10-13,22,25,27H,1,8-9,14H2,2H3,(H,23,24). The van der Waals surface area contributed by atoms with Crippen LogP contribution in [0, 0.1) is 0 Å².